The molecule has 176 valence electrons. The minimum atomic E-state index is -0.604. The number of nitrogens with two attached hydrogens (primary N) is 1. The van der Waals surface area contributed by atoms with Gasteiger partial charge in [0.25, 0.3) is 5.91 Å². The number of amidine groups is 1. The predicted molar refractivity (Wildman–Crippen MR) is 128 cm³/mol. The summed E-state index contributed by atoms with van der Waals surface area (Å²) in [5.74, 6) is -1.36. The maximum Gasteiger partial charge on any atom is 0.311 e. The first-order valence-electron chi connectivity index (χ1n) is 10.8. The van der Waals surface area contributed by atoms with Gasteiger partial charge in [0.05, 0.1) is 13.0 Å². The second-order valence-corrected chi connectivity index (χ2v) is 7.92. The lowest BCUT2D eigenvalue weighted by Crippen LogP contribution is -2.42. The van der Waals surface area contributed by atoms with Crippen LogP contribution in [0.4, 0.5) is 0 Å². The van der Waals surface area contributed by atoms with Crippen LogP contribution >= 0.6 is 0 Å². The van der Waals surface area contributed by atoms with Gasteiger partial charge in [-0.1, -0.05) is 30.3 Å². The van der Waals surface area contributed by atoms with Crippen molar-refractivity contribution in [2.24, 2.45) is 11.7 Å². The molecule has 4 N–H and O–H groups in total. The molecule has 0 aliphatic heterocycles. The number of ether oxygens (including phenoxy) is 1. The minimum Gasteiger partial charge on any atom is -0.469 e. The summed E-state index contributed by atoms with van der Waals surface area (Å²) < 4.78 is 6.57. The standard InChI is InChI=1S/C26H28N4O4/c1-17(23(26(32)33-2)16-18-5-4-6-22(15-18)24(27)28)29-25(31)21-9-7-19(8-10-21)20-11-13-30(34-3)14-12-20/h4-15,17,23H,16H2,1-3H3,(H3-,27,28,29,31)/p+1. The Morgan fingerprint density at radius 1 is 1.00 bits per heavy atom. The first kappa shape index (κ1) is 24.4. The van der Waals surface area contributed by atoms with Gasteiger partial charge in [0.1, 0.15) is 12.9 Å². The van der Waals surface area contributed by atoms with E-state index >= 15 is 0 Å². The molecule has 0 fully saturated rings. The van der Waals surface area contributed by atoms with Gasteiger partial charge in [0.15, 0.2) is 0 Å². The summed E-state index contributed by atoms with van der Waals surface area (Å²) in [5.41, 5.74) is 9.42. The van der Waals surface area contributed by atoms with E-state index in [0.717, 1.165) is 16.7 Å². The fraction of sp³-hybridized carbons (Fsp3) is 0.231. The Morgan fingerprint density at radius 2 is 1.65 bits per heavy atom. The first-order valence-corrected chi connectivity index (χ1v) is 10.8. The second kappa shape index (κ2) is 11.1. The highest BCUT2D eigenvalue weighted by molar-refractivity contribution is 5.95. The molecule has 2 atom stereocenters. The molecule has 34 heavy (non-hydrogen) atoms. The van der Waals surface area contributed by atoms with Gasteiger partial charge < -0.3 is 15.8 Å². The molecule has 2 aromatic carbocycles. The predicted octanol–water partition coefficient (Wildman–Crippen LogP) is 2.13. The summed E-state index contributed by atoms with van der Waals surface area (Å²) in [6, 6.07) is 17.7. The van der Waals surface area contributed by atoms with E-state index in [9.17, 15) is 9.59 Å². The molecule has 3 rings (SSSR count). The number of pyridine rings is 1. The normalized spacial score (nSPS) is 12.3. The molecule has 0 bridgehead atoms. The minimum absolute atomic E-state index is 0.0466. The van der Waals surface area contributed by atoms with Crippen molar-refractivity contribution in [2.45, 2.75) is 19.4 Å². The van der Waals surface area contributed by atoms with Crippen LogP contribution in [-0.2, 0) is 16.0 Å². The Labute approximate surface area is 198 Å². The molecule has 0 aliphatic carbocycles. The molecule has 1 heterocycles. The van der Waals surface area contributed by atoms with Crippen LogP contribution in [0.2, 0.25) is 0 Å². The van der Waals surface area contributed by atoms with Crippen LogP contribution in [0.25, 0.3) is 11.1 Å². The number of methoxy groups -OCH3 is 1. The fourth-order valence-corrected chi connectivity index (χ4v) is 3.67. The molecule has 0 saturated heterocycles. The zero-order chi connectivity index (χ0) is 24.7. The number of carbonyl (C=O) groups is 2. The van der Waals surface area contributed by atoms with Gasteiger partial charge in [0.2, 0.25) is 12.4 Å². The lowest BCUT2D eigenvalue weighted by Gasteiger charge is -2.23. The van der Waals surface area contributed by atoms with E-state index in [1.54, 1.807) is 61.5 Å². The van der Waals surface area contributed by atoms with Gasteiger partial charge >= 0.3 is 5.97 Å². The summed E-state index contributed by atoms with van der Waals surface area (Å²) in [5, 5.41) is 10.5. The third-order valence-corrected chi connectivity index (χ3v) is 5.65. The zero-order valence-electron chi connectivity index (χ0n) is 19.4. The average molecular weight is 462 g/mol. The monoisotopic (exact) mass is 461 g/mol. The van der Waals surface area contributed by atoms with Crippen molar-refractivity contribution in [1.82, 2.24) is 5.32 Å². The van der Waals surface area contributed by atoms with Gasteiger partial charge in [-0.15, -0.1) is 0 Å². The molecule has 0 spiro atoms. The molecular formula is C26H29N4O4+. The smallest absolute Gasteiger partial charge is 0.311 e. The molecule has 2 unspecified atom stereocenters. The topological polar surface area (TPSA) is 118 Å². The molecule has 8 nitrogen and oxygen atoms in total. The summed E-state index contributed by atoms with van der Waals surface area (Å²) in [4.78, 5) is 30.5. The first-order chi connectivity index (χ1) is 16.3. The van der Waals surface area contributed by atoms with Crippen LogP contribution in [0.1, 0.15) is 28.4 Å². The Kier molecular flexibility index (Phi) is 7.97. The number of esters is 1. The third kappa shape index (κ3) is 5.98. The molecule has 8 heteroatoms. The Hall–Kier alpha value is -4.20. The number of nitrogen functional groups attached to an aromatic ring is 1. The number of rotatable bonds is 9. The highest BCUT2D eigenvalue weighted by Crippen LogP contribution is 2.20. The largest absolute Gasteiger partial charge is 0.469 e. The van der Waals surface area contributed by atoms with E-state index in [4.69, 9.17) is 20.7 Å². The third-order valence-electron chi connectivity index (χ3n) is 5.65. The summed E-state index contributed by atoms with van der Waals surface area (Å²) in [6.07, 6.45) is 3.94. The molecule has 0 radical (unpaired) electrons. The van der Waals surface area contributed by atoms with Gasteiger partial charge in [-0.2, -0.15) is 0 Å². The quantitative estimate of drug-likeness (QED) is 0.195. The molecule has 3 aromatic rings. The van der Waals surface area contributed by atoms with Crippen LogP contribution in [0, 0.1) is 11.3 Å². The summed E-state index contributed by atoms with van der Waals surface area (Å²) >= 11 is 0. The van der Waals surface area contributed by atoms with Crippen LogP contribution in [0.3, 0.4) is 0 Å². The number of hydrogen-bond donors (Lipinski definition) is 3. The number of nitrogens with zero attached hydrogens (tertiary/aromatic N) is 1. The van der Waals surface area contributed by atoms with Gasteiger partial charge in [-0.25, -0.2) is 0 Å². The molecule has 0 aliphatic rings. The molecule has 1 amide bonds. The second-order valence-electron chi connectivity index (χ2n) is 7.92. The van der Waals surface area contributed by atoms with E-state index in [1.165, 1.54) is 7.11 Å². The van der Waals surface area contributed by atoms with Crippen molar-refractivity contribution in [3.8, 4) is 11.1 Å². The van der Waals surface area contributed by atoms with E-state index < -0.39 is 17.9 Å². The van der Waals surface area contributed by atoms with E-state index in [1.807, 2.05) is 30.3 Å². The fourth-order valence-electron chi connectivity index (χ4n) is 3.67. The van der Waals surface area contributed by atoms with Crippen molar-refractivity contribution in [1.29, 1.82) is 5.41 Å². The van der Waals surface area contributed by atoms with Gasteiger partial charge in [-0.05, 0) is 48.2 Å². The average Bonchev–Trinajstić information content (AvgIpc) is 2.87. The summed E-state index contributed by atoms with van der Waals surface area (Å²) in [6.45, 7) is 1.78. The van der Waals surface area contributed by atoms with Crippen LogP contribution < -0.4 is 20.6 Å². The van der Waals surface area contributed by atoms with Crippen LogP contribution in [0.5, 0.6) is 0 Å². The zero-order valence-corrected chi connectivity index (χ0v) is 19.4. The SMILES string of the molecule is COC(=O)C(Cc1cccc(C(=N)N)c1)C(C)NC(=O)c1ccc(-c2cc[n+](OC)cc2)cc1. The van der Waals surface area contributed by atoms with Gasteiger partial charge in [0, 0.05) is 34.0 Å². The summed E-state index contributed by atoms with van der Waals surface area (Å²) in [7, 11) is 2.91. The number of benzene rings is 2. The highest BCUT2D eigenvalue weighted by Gasteiger charge is 2.28. The molecule has 1 aromatic heterocycles. The lowest BCUT2D eigenvalue weighted by molar-refractivity contribution is -0.885. The highest BCUT2D eigenvalue weighted by atomic mass is 16.6. The molecule has 0 saturated carbocycles. The number of nitrogens with one attached hydrogen (secondary N) is 2. The van der Waals surface area contributed by atoms with Crippen molar-refractivity contribution < 1.29 is 23.9 Å². The Balaban J connectivity index is 1.71. The Morgan fingerprint density at radius 3 is 2.24 bits per heavy atom. The van der Waals surface area contributed by atoms with E-state index in [0.29, 0.717) is 17.5 Å². The molecular weight excluding hydrogens is 432 g/mol. The van der Waals surface area contributed by atoms with Crippen molar-refractivity contribution in [3.63, 3.8) is 0 Å². The van der Waals surface area contributed by atoms with Crippen LogP contribution in [-0.4, -0.2) is 38.0 Å². The van der Waals surface area contributed by atoms with Crippen molar-refractivity contribution in [2.75, 3.05) is 14.2 Å². The van der Waals surface area contributed by atoms with Crippen molar-refractivity contribution in [3.05, 3.63) is 89.7 Å². The number of hydrogen-bond acceptors (Lipinski definition) is 5. The Bertz CT molecular complexity index is 1160. The number of carbonyl (C=O) groups excluding carboxylic acids is 2. The lowest BCUT2D eigenvalue weighted by atomic mass is 9.92. The maximum atomic E-state index is 12.9. The number of amides is 1. The van der Waals surface area contributed by atoms with Crippen LogP contribution in [0.15, 0.2) is 73.1 Å². The van der Waals surface area contributed by atoms with Gasteiger partial charge in [-0.3, -0.25) is 19.8 Å². The number of aromatic nitrogens is 1. The van der Waals surface area contributed by atoms with E-state index in [2.05, 4.69) is 5.32 Å². The van der Waals surface area contributed by atoms with E-state index in [-0.39, 0.29) is 11.7 Å². The van der Waals surface area contributed by atoms with Crippen molar-refractivity contribution >= 4 is 17.7 Å². The maximum absolute atomic E-state index is 12.9.